The van der Waals surface area contributed by atoms with E-state index >= 15 is 0 Å². The lowest BCUT2D eigenvalue weighted by Crippen LogP contribution is -2.30. The summed E-state index contributed by atoms with van der Waals surface area (Å²) in [6, 6.07) is 38.9. The molecule has 0 aliphatic carbocycles. The molecule has 4 heterocycles. The van der Waals surface area contributed by atoms with Crippen molar-refractivity contribution in [3.63, 3.8) is 0 Å². The van der Waals surface area contributed by atoms with Gasteiger partial charge < -0.3 is 4.90 Å². The summed E-state index contributed by atoms with van der Waals surface area (Å²) < 4.78 is 4.20. The smallest absolute Gasteiger partial charge is 0.137 e. The monoisotopic (exact) mass is 517 g/mol. The molecule has 3 aromatic heterocycles. The van der Waals surface area contributed by atoms with Gasteiger partial charge in [0, 0.05) is 40.5 Å². The van der Waals surface area contributed by atoms with Gasteiger partial charge in [-0.1, -0.05) is 68.4 Å². The Morgan fingerprint density at radius 2 is 1.38 bits per heavy atom. The number of para-hydroxylation sites is 2. The Kier molecular flexibility index (Phi) is 4.80. The van der Waals surface area contributed by atoms with Gasteiger partial charge in [-0.15, -0.1) is 0 Å². The molecule has 7 aromatic rings. The van der Waals surface area contributed by atoms with Crippen LogP contribution in [0.3, 0.4) is 0 Å². The second kappa shape index (κ2) is 8.42. The molecule has 0 atom stereocenters. The molecule has 1 aliphatic heterocycles. The lowest BCUT2D eigenvalue weighted by molar-refractivity contribution is 0.631. The Bertz CT molecular complexity index is 2030. The number of nitrogens with zero attached hydrogens (tertiary/aromatic N) is 5. The van der Waals surface area contributed by atoms with Crippen molar-refractivity contribution in [2.45, 2.75) is 19.3 Å². The van der Waals surface area contributed by atoms with Gasteiger partial charge in [0.15, 0.2) is 0 Å². The number of pyridine rings is 1. The average molecular weight is 518 g/mol. The summed E-state index contributed by atoms with van der Waals surface area (Å²) >= 11 is 0. The summed E-state index contributed by atoms with van der Waals surface area (Å²) in [6.45, 7) is 4.63. The van der Waals surface area contributed by atoms with Crippen LogP contribution in [0.2, 0.25) is 0 Å². The van der Waals surface area contributed by atoms with Gasteiger partial charge in [0.2, 0.25) is 0 Å². The molecule has 0 saturated heterocycles. The second-order valence-corrected chi connectivity index (χ2v) is 10.9. The molecular formula is C35H27N5. The van der Waals surface area contributed by atoms with Crippen molar-refractivity contribution in [3.8, 4) is 11.5 Å². The number of hydrogen-bond acceptors (Lipinski definition) is 3. The van der Waals surface area contributed by atoms with Gasteiger partial charge in [-0.05, 0) is 65.7 Å². The molecular weight excluding hydrogens is 490 g/mol. The third kappa shape index (κ3) is 3.21. The third-order valence-corrected chi connectivity index (χ3v) is 8.28. The highest BCUT2D eigenvalue weighted by atomic mass is 15.3. The van der Waals surface area contributed by atoms with Crippen LogP contribution in [0.5, 0.6) is 0 Å². The number of fused-ring (bicyclic) bond motifs is 5. The van der Waals surface area contributed by atoms with Crippen molar-refractivity contribution in [2.24, 2.45) is 0 Å². The first-order chi connectivity index (χ1) is 19.6. The van der Waals surface area contributed by atoms with E-state index < -0.39 is 0 Å². The van der Waals surface area contributed by atoms with E-state index in [1.807, 2.05) is 41.5 Å². The molecule has 8 rings (SSSR count). The van der Waals surface area contributed by atoms with Crippen LogP contribution in [0.15, 0.2) is 128 Å². The summed E-state index contributed by atoms with van der Waals surface area (Å²) in [6.07, 6.45) is 5.67. The summed E-state index contributed by atoms with van der Waals surface area (Å²) in [4.78, 5) is 7.14. The van der Waals surface area contributed by atoms with Gasteiger partial charge in [-0.2, -0.15) is 5.10 Å². The van der Waals surface area contributed by atoms with Crippen LogP contribution >= 0.6 is 0 Å². The molecule has 0 spiro atoms. The van der Waals surface area contributed by atoms with Crippen molar-refractivity contribution in [1.29, 1.82) is 0 Å². The second-order valence-electron chi connectivity index (χ2n) is 10.9. The Morgan fingerprint density at radius 3 is 2.23 bits per heavy atom. The largest absolute Gasteiger partial charge is 0.310 e. The Morgan fingerprint density at radius 1 is 0.600 bits per heavy atom. The van der Waals surface area contributed by atoms with E-state index in [0.717, 1.165) is 33.9 Å². The Balaban J connectivity index is 1.43. The molecule has 0 bridgehead atoms. The van der Waals surface area contributed by atoms with Gasteiger partial charge in [-0.25, -0.2) is 9.67 Å². The predicted octanol–water partition coefficient (Wildman–Crippen LogP) is 8.47. The summed E-state index contributed by atoms with van der Waals surface area (Å²) in [5.41, 5.74) is 9.21. The molecule has 0 fully saturated rings. The van der Waals surface area contributed by atoms with Crippen LogP contribution in [-0.4, -0.2) is 19.3 Å². The molecule has 0 amide bonds. The fourth-order valence-electron chi connectivity index (χ4n) is 6.38. The van der Waals surface area contributed by atoms with Crippen LogP contribution in [0.25, 0.3) is 33.3 Å². The third-order valence-electron chi connectivity index (χ3n) is 8.28. The van der Waals surface area contributed by atoms with Gasteiger partial charge >= 0.3 is 0 Å². The normalized spacial score (nSPS) is 13.9. The molecule has 1 aliphatic rings. The first kappa shape index (κ1) is 22.8. The van der Waals surface area contributed by atoms with E-state index in [2.05, 4.69) is 119 Å². The summed E-state index contributed by atoms with van der Waals surface area (Å²) in [5.74, 6) is 0.910. The van der Waals surface area contributed by atoms with Crippen LogP contribution in [0.1, 0.15) is 25.0 Å². The van der Waals surface area contributed by atoms with E-state index in [9.17, 15) is 0 Å². The zero-order valence-electron chi connectivity index (χ0n) is 22.4. The molecule has 0 radical (unpaired) electrons. The number of aromatic nitrogens is 4. The minimum atomic E-state index is -0.155. The molecule has 5 nitrogen and oxygen atoms in total. The highest BCUT2D eigenvalue weighted by Gasteiger charge is 2.37. The maximum atomic E-state index is 4.73. The Hall–Kier alpha value is -5.16. The van der Waals surface area contributed by atoms with E-state index in [4.69, 9.17) is 4.98 Å². The highest BCUT2D eigenvalue weighted by Crippen LogP contribution is 2.52. The highest BCUT2D eigenvalue weighted by molar-refractivity contribution is 6.10. The first-order valence-corrected chi connectivity index (χ1v) is 13.6. The van der Waals surface area contributed by atoms with Crippen molar-refractivity contribution < 1.29 is 0 Å². The van der Waals surface area contributed by atoms with Crippen molar-refractivity contribution in [1.82, 2.24) is 19.3 Å². The lowest BCUT2D eigenvalue weighted by atomic mass is 9.73. The maximum Gasteiger partial charge on any atom is 0.137 e. The van der Waals surface area contributed by atoms with E-state index in [1.54, 1.807) is 0 Å². The minimum Gasteiger partial charge on any atom is -0.310 e. The molecule has 4 aromatic carbocycles. The van der Waals surface area contributed by atoms with Gasteiger partial charge in [0.1, 0.15) is 5.82 Å². The van der Waals surface area contributed by atoms with Crippen molar-refractivity contribution in [3.05, 3.63) is 139 Å². The zero-order chi connectivity index (χ0) is 26.8. The number of benzene rings is 4. The fourth-order valence-corrected chi connectivity index (χ4v) is 6.38. The summed E-state index contributed by atoms with van der Waals surface area (Å²) in [5, 5.41) is 6.94. The van der Waals surface area contributed by atoms with Gasteiger partial charge in [-0.3, -0.25) is 4.57 Å². The lowest BCUT2D eigenvalue weighted by Gasteiger charge is -2.42. The number of rotatable bonds is 3. The van der Waals surface area contributed by atoms with E-state index in [-0.39, 0.29) is 5.41 Å². The number of hydrogen-bond donors (Lipinski definition) is 0. The van der Waals surface area contributed by atoms with E-state index in [1.165, 1.54) is 27.6 Å². The summed E-state index contributed by atoms with van der Waals surface area (Å²) in [7, 11) is 0. The van der Waals surface area contributed by atoms with Crippen LogP contribution in [0, 0.1) is 0 Å². The fraction of sp³-hybridized carbons (Fsp3) is 0.0857. The van der Waals surface area contributed by atoms with Gasteiger partial charge in [0.25, 0.3) is 0 Å². The molecule has 0 saturated carbocycles. The molecule has 5 heteroatoms. The minimum absolute atomic E-state index is 0.155. The molecule has 0 N–H and O–H groups in total. The average Bonchev–Trinajstić information content (AvgIpc) is 3.64. The predicted molar refractivity (Wildman–Crippen MR) is 163 cm³/mol. The van der Waals surface area contributed by atoms with Crippen LogP contribution < -0.4 is 4.90 Å². The van der Waals surface area contributed by atoms with Gasteiger partial charge in [0.05, 0.1) is 28.1 Å². The topological polar surface area (TPSA) is 38.9 Å². The molecule has 40 heavy (non-hydrogen) atoms. The quantitative estimate of drug-likeness (QED) is 0.236. The van der Waals surface area contributed by atoms with E-state index in [0.29, 0.717) is 0 Å². The van der Waals surface area contributed by atoms with Crippen LogP contribution in [0.4, 0.5) is 17.1 Å². The standard InChI is InChI=1S/C35H27N5/c1-35(2)28-11-4-6-13-31(28)39(33-22-24(16-18-29(33)35)38-21-9-20-37-38)25-15-17-27-26-10-3-5-12-30(26)40(32(27)23-25)34-14-7-8-19-36-34/h3-23H,1-2H3. The van der Waals surface area contributed by atoms with Crippen LogP contribution in [-0.2, 0) is 5.41 Å². The SMILES string of the molecule is CC1(C)c2ccccc2N(c2ccc3c4ccccc4n(-c4ccccn4)c3c2)c2cc(-n3cccn3)ccc21. The Labute approximate surface area is 232 Å². The van der Waals surface area contributed by atoms with Crippen molar-refractivity contribution >= 4 is 38.9 Å². The molecule has 0 unspecified atom stereocenters. The molecule has 192 valence electrons. The number of anilines is 3. The van der Waals surface area contributed by atoms with Crippen molar-refractivity contribution in [2.75, 3.05) is 4.90 Å². The first-order valence-electron chi connectivity index (χ1n) is 13.6. The maximum absolute atomic E-state index is 4.73. The zero-order valence-corrected chi connectivity index (χ0v) is 22.4.